The molecule has 1 aromatic carbocycles. The third-order valence-electron chi connectivity index (χ3n) is 7.23. The summed E-state index contributed by atoms with van der Waals surface area (Å²) in [5, 5.41) is 21.1. The van der Waals surface area contributed by atoms with Gasteiger partial charge in [0, 0.05) is 61.3 Å². The third kappa shape index (κ3) is 4.24. The van der Waals surface area contributed by atoms with Gasteiger partial charge >= 0.3 is 0 Å². The Morgan fingerprint density at radius 3 is 2.68 bits per heavy atom. The molecule has 178 valence electrons. The van der Waals surface area contributed by atoms with E-state index in [2.05, 4.69) is 16.5 Å². The first kappa shape index (κ1) is 23.0. The van der Waals surface area contributed by atoms with E-state index in [9.17, 15) is 19.8 Å². The van der Waals surface area contributed by atoms with E-state index in [4.69, 9.17) is 11.6 Å². The van der Waals surface area contributed by atoms with Gasteiger partial charge < -0.3 is 15.1 Å². The second kappa shape index (κ2) is 9.13. The van der Waals surface area contributed by atoms with Crippen LogP contribution in [-0.4, -0.2) is 69.0 Å². The summed E-state index contributed by atoms with van der Waals surface area (Å²) in [6, 6.07) is 5.49. The molecule has 2 aliphatic heterocycles. The number of likely N-dealkylation sites (tertiary alicyclic amines) is 1. The lowest BCUT2D eigenvalue weighted by molar-refractivity contribution is -0.133. The summed E-state index contributed by atoms with van der Waals surface area (Å²) in [7, 11) is 0. The van der Waals surface area contributed by atoms with E-state index in [1.807, 2.05) is 12.1 Å². The van der Waals surface area contributed by atoms with Crippen molar-refractivity contribution in [3.8, 4) is 5.75 Å². The van der Waals surface area contributed by atoms with Crippen LogP contribution in [-0.2, 0) is 17.8 Å². The highest BCUT2D eigenvalue weighted by Gasteiger charge is 2.39. The number of carbonyl (C=O) groups is 2. The number of ketones is 1. The van der Waals surface area contributed by atoms with Crippen molar-refractivity contribution in [2.24, 2.45) is 0 Å². The molecule has 7 nitrogen and oxygen atoms in total. The van der Waals surface area contributed by atoms with Crippen molar-refractivity contribution in [2.75, 3.05) is 26.2 Å². The van der Waals surface area contributed by atoms with Gasteiger partial charge in [-0.05, 0) is 59.7 Å². The first-order chi connectivity index (χ1) is 16.4. The van der Waals surface area contributed by atoms with Crippen molar-refractivity contribution in [2.45, 2.75) is 43.7 Å². The smallest absolute Gasteiger partial charge is 0.246 e. The first-order valence-electron chi connectivity index (χ1n) is 11.7. The topological polar surface area (TPSA) is 94.0 Å². The SMILES string of the molecule is C=CC(=O)N1CC(N2Cc3ccnc(C(=O)Cc4cc(C5CC5)c(Cl)cc4O)c3C(CO)C2)C1. The number of phenolic OH excluding ortho intramolecular Hbond substituents is 1. The molecular weight excluding hydrogens is 454 g/mol. The summed E-state index contributed by atoms with van der Waals surface area (Å²) in [5.41, 5.74) is 3.65. The molecule has 2 N–H and O–H groups in total. The van der Waals surface area contributed by atoms with E-state index < -0.39 is 0 Å². The number of aliphatic hydroxyl groups is 1. The van der Waals surface area contributed by atoms with Crippen LogP contribution in [0.4, 0.5) is 0 Å². The highest BCUT2D eigenvalue weighted by atomic mass is 35.5. The number of phenols is 1. The van der Waals surface area contributed by atoms with Crippen LogP contribution in [0.15, 0.2) is 37.1 Å². The van der Waals surface area contributed by atoms with Gasteiger partial charge in [-0.2, -0.15) is 0 Å². The van der Waals surface area contributed by atoms with Crippen LogP contribution in [0.5, 0.6) is 5.75 Å². The number of aliphatic hydroxyl groups excluding tert-OH is 1. The van der Waals surface area contributed by atoms with Gasteiger partial charge in [-0.3, -0.25) is 19.5 Å². The zero-order valence-electron chi connectivity index (χ0n) is 18.9. The molecule has 5 rings (SSSR count). The van der Waals surface area contributed by atoms with Crippen molar-refractivity contribution >= 4 is 23.3 Å². The maximum Gasteiger partial charge on any atom is 0.246 e. The quantitative estimate of drug-likeness (QED) is 0.466. The van der Waals surface area contributed by atoms with Crippen LogP contribution in [0.25, 0.3) is 0 Å². The van der Waals surface area contributed by atoms with Gasteiger partial charge in [0.25, 0.3) is 0 Å². The second-order valence-corrected chi connectivity index (χ2v) is 9.93. The maximum absolute atomic E-state index is 13.4. The number of halogens is 1. The number of pyridine rings is 1. The fourth-order valence-electron chi connectivity index (χ4n) is 5.14. The molecule has 1 atom stereocenters. The molecule has 2 aromatic rings. The van der Waals surface area contributed by atoms with E-state index in [1.54, 1.807) is 11.1 Å². The van der Waals surface area contributed by atoms with Gasteiger partial charge in [-0.1, -0.05) is 18.2 Å². The molecule has 8 heteroatoms. The molecule has 0 spiro atoms. The zero-order valence-corrected chi connectivity index (χ0v) is 19.7. The molecule has 1 unspecified atom stereocenters. The van der Waals surface area contributed by atoms with Crippen LogP contribution in [0.3, 0.4) is 0 Å². The fraction of sp³-hybridized carbons (Fsp3) is 0.423. The van der Waals surface area contributed by atoms with Crippen LogP contribution >= 0.6 is 11.6 Å². The van der Waals surface area contributed by atoms with Crippen molar-refractivity contribution in [3.05, 3.63) is 70.0 Å². The van der Waals surface area contributed by atoms with Gasteiger partial charge in [0.1, 0.15) is 11.4 Å². The summed E-state index contributed by atoms with van der Waals surface area (Å²) in [6.07, 6.45) is 5.13. The summed E-state index contributed by atoms with van der Waals surface area (Å²) in [5.74, 6) is -0.0878. The zero-order chi connectivity index (χ0) is 24.0. The molecule has 0 bridgehead atoms. The normalized spacial score (nSPS) is 20.5. The van der Waals surface area contributed by atoms with Crippen LogP contribution in [0.1, 0.15) is 57.4 Å². The number of aromatic hydroxyl groups is 1. The minimum atomic E-state index is -0.249. The molecule has 1 saturated heterocycles. The lowest BCUT2D eigenvalue weighted by Crippen LogP contribution is -2.61. The van der Waals surface area contributed by atoms with Crippen LogP contribution in [0.2, 0.25) is 5.02 Å². The largest absolute Gasteiger partial charge is 0.508 e. The minimum Gasteiger partial charge on any atom is -0.508 e. The fourth-order valence-corrected chi connectivity index (χ4v) is 5.45. The average Bonchev–Trinajstić information content (AvgIpc) is 3.63. The molecule has 0 radical (unpaired) electrons. The summed E-state index contributed by atoms with van der Waals surface area (Å²) < 4.78 is 0. The van der Waals surface area contributed by atoms with Crippen molar-refractivity contribution in [1.82, 2.24) is 14.8 Å². The number of fused-ring (bicyclic) bond motifs is 1. The highest BCUT2D eigenvalue weighted by Crippen LogP contribution is 2.45. The van der Waals surface area contributed by atoms with E-state index >= 15 is 0 Å². The number of Topliss-reactive ketones (excluding diaryl/α,β-unsaturated/α-hetero) is 1. The maximum atomic E-state index is 13.4. The monoisotopic (exact) mass is 481 g/mol. The second-order valence-electron chi connectivity index (χ2n) is 9.52. The molecule has 3 heterocycles. The number of carbonyl (C=O) groups excluding carboxylic acids is 2. The average molecular weight is 482 g/mol. The minimum absolute atomic E-state index is 0.0149. The van der Waals surface area contributed by atoms with Gasteiger partial charge in [-0.15, -0.1) is 0 Å². The van der Waals surface area contributed by atoms with E-state index in [0.717, 1.165) is 29.5 Å². The number of nitrogens with zero attached hydrogens (tertiary/aromatic N) is 3. The summed E-state index contributed by atoms with van der Waals surface area (Å²) in [4.78, 5) is 33.6. The molecule has 1 aromatic heterocycles. The molecule has 1 amide bonds. The third-order valence-corrected chi connectivity index (χ3v) is 7.56. The molecule has 1 aliphatic carbocycles. The van der Waals surface area contributed by atoms with Gasteiger partial charge in [0.15, 0.2) is 5.78 Å². The standard InChI is InChI=1S/C26H28ClN3O4/c1-2-24(34)30-12-19(13-30)29-10-16-5-6-28-26(25(16)18(11-29)14-31)23(33)8-17-7-20(15-3-4-15)21(27)9-22(17)32/h2,5-7,9,15,18-19,31-32H,1,3-4,8,10-14H2. The number of hydrogen-bond donors (Lipinski definition) is 2. The predicted molar refractivity (Wildman–Crippen MR) is 128 cm³/mol. The molecule has 34 heavy (non-hydrogen) atoms. The lowest BCUT2D eigenvalue weighted by Gasteiger charge is -2.48. The molecular formula is C26H28ClN3O4. The van der Waals surface area contributed by atoms with E-state index in [1.165, 1.54) is 12.1 Å². The Morgan fingerprint density at radius 1 is 1.24 bits per heavy atom. The van der Waals surface area contributed by atoms with Crippen molar-refractivity contribution < 1.29 is 19.8 Å². The van der Waals surface area contributed by atoms with Crippen molar-refractivity contribution in [3.63, 3.8) is 0 Å². The summed E-state index contributed by atoms with van der Waals surface area (Å²) >= 11 is 6.30. The number of aromatic nitrogens is 1. The van der Waals surface area contributed by atoms with E-state index in [-0.39, 0.29) is 42.4 Å². The Kier molecular flexibility index (Phi) is 6.18. The summed E-state index contributed by atoms with van der Waals surface area (Å²) in [6.45, 7) is 5.93. The highest BCUT2D eigenvalue weighted by molar-refractivity contribution is 6.31. The van der Waals surface area contributed by atoms with Gasteiger partial charge in [0.2, 0.25) is 5.91 Å². The molecule has 2 fully saturated rings. The Morgan fingerprint density at radius 2 is 2.00 bits per heavy atom. The Labute approximate surface area is 203 Å². The predicted octanol–water partition coefficient (Wildman–Crippen LogP) is 3.03. The van der Waals surface area contributed by atoms with Gasteiger partial charge in [0.05, 0.1) is 6.61 Å². The van der Waals surface area contributed by atoms with E-state index in [0.29, 0.717) is 48.4 Å². The van der Waals surface area contributed by atoms with Crippen LogP contribution < -0.4 is 0 Å². The number of benzene rings is 1. The Balaban J connectivity index is 1.37. The first-order valence-corrected chi connectivity index (χ1v) is 12.1. The Bertz CT molecular complexity index is 1160. The van der Waals surface area contributed by atoms with Crippen molar-refractivity contribution in [1.29, 1.82) is 0 Å². The molecule has 1 saturated carbocycles. The lowest BCUT2D eigenvalue weighted by atomic mass is 9.85. The Hall–Kier alpha value is -2.74. The van der Waals surface area contributed by atoms with Gasteiger partial charge in [-0.25, -0.2) is 0 Å². The number of amides is 1. The van der Waals surface area contributed by atoms with Crippen LogP contribution in [0, 0.1) is 0 Å². The number of hydrogen-bond acceptors (Lipinski definition) is 6. The molecule has 3 aliphatic rings. The number of rotatable bonds is 7.